The summed E-state index contributed by atoms with van der Waals surface area (Å²) in [4.78, 5) is 0. The molecule has 0 N–H and O–H groups in total. The zero-order chi connectivity index (χ0) is 25.4. The number of hydrogen-bond acceptors (Lipinski definition) is 1. The molecule has 2 nitrogen and oxygen atoms in total. The van der Waals surface area contributed by atoms with E-state index in [0.29, 0.717) is 0 Å². The number of ether oxygens (including phenoxy) is 1. The van der Waals surface area contributed by atoms with Crippen LogP contribution in [0.5, 0.6) is 5.75 Å². The minimum atomic E-state index is 0. The maximum atomic E-state index is 6.33. The van der Waals surface area contributed by atoms with Gasteiger partial charge in [-0.1, -0.05) is 97.1 Å². The van der Waals surface area contributed by atoms with Gasteiger partial charge in [0.15, 0.2) is 0 Å². The van der Waals surface area contributed by atoms with Crippen molar-refractivity contribution in [3.8, 4) is 16.9 Å². The molecule has 0 radical (unpaired) electrons. The highest BCUT2D eigenvalue weighted by molar-refractivity contribution is 5.78. The third-order valence-corrected chi connectivity index (χ3v) is 6.64. The Balaban J connectivity index is 0.000000908. The van der Waals surface area contributed by atoms with Gasteiger partial charge in [0, 0.05) is 17.6 Å². The lowest BCUT2D eigenvalue weighted by molar-refractivity contribution is -0.885. The van der Waals surface area contributed by atoms with Crippen LogP contribution in [0.4, 0.5) is 0 Å². The van der Waals surface area contributed by atoms with Crippen molar-refractivity contribution in [1.29, 1.82) is 0 Å². The Morgan fingerprint density at radius 2 is 1.59 bits per heavy atom. The number of fused-ring (bicyclic) bond motifs is 3. The normalized spacial score (nSPS) is 14.5. The van der Waals surface area contributed by atoms with E-state index in [9.17, 15) is 0 Å². The topological polar surface area (TPSA) is 9.23 Å². The van der Waals surface area contributed by atoms with Gasteiger partial charge in [0.1, 0.15) is 25.4 Å². The lowest BCUT2D eigenvalue weighted by atomic mass is 9.99. The highest BCUT2D eigenvalue weighted by Gasteiger charge is 2.22. The quantitative estimate of drug-likeness (QED) is 0.233. The van der Waals surface area contributed by atoms with E-state index >= 15 is 0 Å². The van der Waals surface area contributed by atoms with Crippen LogP contribution in [-0.2, 0) is 6.42 Å². The summed E-state index contributed by atoms with van der Waals surface area (Å²) in [5, 5.41) is 0. The molecule has 0 aromatic heterocycles. The van der Waals surface area contributed by atoms with E-state index in [4.69, 9.17) is 4.74 Å². The Hall–Kier alpha value is -3.14. The van der Waals surface area contributed by atoms with E-state index in [1.165, 1.54) is 39.0 Å². The molecule has 0 saturated carbocycles. The minimum absolute atomic E-state index is 0. The average molecular weight is 557 g/mol. The van der Waals surface area contributed by atoms with Crippen LogP contribution in [0.15, 0.2) is 115 Å². The molecular formula is C34H38BrNO. The van der Waals surface area contributed by atoms with E-state index in [1.807, 2.05) is 6.92 Å². The summed E-state index contributed by atoms with van der Waals surface area (Å²) in [5.74, 6) is 1.04. The molecule has 3 aromatic carbocycles. The molecule has 0 aliphatic heterocycles. The largest absolute Gasteiger partial charge is 1.00 e. The number of benzene rings is 3. The second-order valence-corrected chi connectivity index (χ2v) is 10.1. The fourth-order valence-corrected chi connectivity index (χ4v) is 4.83. The molecule has 0 spiro atoms. The van der Waals surface area contributed by atoms with Crippen LogP contribution in [-0.4, -0.2) is 38.3 Å². The first-order valence-electron chi connectivity index (χ1n) is 12.8. The molecule has 2 aliphatic rings. The molecule has 0 atom stereocenters. The van der Waals surface area contributed by atoms with Crippen molar-refractivity contribution in [3.05, 3.63) is 132 Å². The Morgan fingerprint density at radius 1 is 0.892 bits per heavy atom. The molecule has 3 heteroatoms. The van der Waals surface area contributed by atoms with Crippen molar-refractivity contribution in [2.45, 2.75) is 19.8 Å². The van der Waals surface area contributed by atoms with Gasteiger partial charge >= 0.3 is 0 Å². The molecule has 2 aliphatic carbocycles. The van der Waals surface area contributed by atoms with E-state index in [-0.39, 0.29) is 17.0 Å². The Labute approximate surface area is 233 Å². The molecule has 37 heavy (non-hydrogen) atoms. The number of likely N-dealkylation sites (N-methyl/N-ethyl adjacent to an activating group) is 1. The van der Waals surface area contributed by atoms with Crippen molar-refractivity contribution in [1.82, 2.24) is 0 Å². The van der Waals surface area contributed by atoms with Crippen LogP contribution in [0.1, 0.15) is 30.0 Å². The molecule has 0 bridgehead atoms. The van der Waals surface area contributed by atoms with Crippen molar-refractivity contribution >= 4 is 6.08 Å². The molecule has 0 fully saturated rings. The van der Waals surface area contributed by atoms with Gasteiger partial charge in [-0.3, -0.25) is 0 Å². The minimum Gasteiger partial charge on any atom is -1.00 e. The highest BCUT2D eigenvalue weighted by atomic mass is 79.9. The molecule has 0 unspecified atom stereocenters. The third kappa shape index (κ3) is 7.67. The average Bonchev–Trinajstić information content (AvgIpc) is 3.26. The van der Waals surface area contributed by atoms with Gasteiger partial charge in [0.2, 0.25) is 0 Å². The van der Waals surface area contributed by atoms with Crippen molar-refractivity contribution in [3.63, 3.8) is 0 Å². The second kappa shape index (κ2) is 13.4. The monoisotopic (exact) mass is 555 g/mol. The van der Waals surface area contributed by atoms with Crippen LogP contribution in [0, 0.1) is 0 Å². The van der Waals surface area contributed by atoms with Gasteiger partial charge in [0.25, 0.3) is 0 Å². The fourth-order valence-electron chi connectivity index (χ4n) is 4.83. The van der Waals surface area contributed by atoms with Gasteiger partial charge in [-0.25, -0.2) is 0 Å². The zero-order valence-electron chi connectivity index (χ0n) is 22.3. The predicted molar refractivity (Wildman–Crippen MR) is 154 cm³/mol. The third-order valence-electron chi connectivity index (χ3n) is 6.64. The van der Waals surface area contributed by atoms with Gasteiger partial charge in [-0.2, -0.15) is 0 Å². The molecule has 3 aromatic rings. The predicted octanol–water partition coefficient (Wildman–Crippen LogP) is 4.88. The van der Waals surface area contributed by atoms with Crippen molar-refractivity contribution in [2.24, 2.45) is 0 Å². The summed E-state index contributed by atoms with van der Waals surface area (Å²) in [6.07, 6.45) is 12.9. The summed E-state index contributed by atoms with van der Waals surface area (Å²) in [6.45, 7) is 7.95. The molecule has 0 amide bonds. The summed E-state index contributed by atoms with van der Waals surface area (Å²) >= 11 is 0. The first kappa shape index (κ1) is 28.4. The lowest BCUT2D eigenvalue weighted by Crippen LogP contribution is -3.00. The number of quaternary nitrogens is 1. The Bertz CT molecular complexity index is 1280. The maximum absolute atomic E-state index is 6.33. The number of allylic oxidation sites excluding steroid dienone is 4. The van der Waals surface area contributed by atoms with Crippen LogP contribution in [0.3, 0.4) is 0 Å². The SMILES string of the molecule is C=CC.C[N+](C)(CCOc1cccc2c1Cc1ccccc1-2)CC1=CCC(=Cc2ccccc2)C=C1.[Br-]. The van der Waals surface area contributed by atoms with Crippen molar-refractivity contribution in [2.75, 3.05) is 33.8 Å². The Kier molecular flexibility index (Phi) is 10.3. The van der Waals surface area contributed by atoms with Gasteiger partial charge in [-0.15, -0.1) is 6.58 Å². The summed E-state index contributed by atoms with van der Waals surface area (Å²) in [7, 11) is 4.58. The molecule has 192 valence electrons. The zero-order valence-corrected chi connectivity index (χ0v) is 23.9. The molecule has 5 rings (SSSR count). The summed E-state index contributed by atoms with van der Waals surface area (Å²) < 4.78 is 7.23. The lowest BCUT2D eigenvalue weighted by Gasteiger charge is -2.31. The highest BCUT2D eigenvalue weighted by Crippen LogP contribution is 2.40. The number of halogens is 1. The molecule has 0 heterocycles. The smallest absolute Gasteiger partial charge is 0.137 e. The van der Waals surface area contributed by atoms with Gasteiger partial charge in [-0.05, 0) is 47.2 Å². The number of rotatable bonds is 7. The van der Waals surface area contributed by atoms with Crippen LogP contribution in [0.2, 0.25) is 0 Å². The van der Waals surface area contributed by atoms with E-state index in [0.717, 1.165) is 42.8 Å². The standard InChI is InChI=1S/C31H32NO.C3H6.BrH/c1-32(2,23-26-17-15-25(16-18-26)21-24-9-4-3-5-10-24)19-20-33-31-14-8-13-29-28-12-7-6-11-27(28)22-30(29)31;1-3-2;/h3-15,17-18,21H,16,19-20,22-23H2,1-2H3;3H,1H2,2H3;1H/q+1;;/p-1. The first-order chi connectivity index (χ1) is 17.5. The van der Waals surface area contributed by atoms with Crippen LogP contribution >= 0.6 is 0 Å². The molecular weight excluding hydrogens is 518 g/mol. The molecule has 0 saturated heterocycles. The van der Waals surface area contributed by atoms with Gasteiger partial charge < -0.3 is 26.2 Å². The van der Waals surface area contributed by atoms with E-state index in [2.05, 4.69) is 118 Å². The number of hydrogen-bond donors (Lipinski definition) is 0. The summed E-state index contributed by atoms with van der Waals surface area (Å²) in [5.41, 5.74) is 9.44. The van der Waals surface area contributed by atoms with Crippen LogP contribution in [0.25, 0.3) is 17.2 Å². The first-order valence-corrected chi connectivity index (χ1v) is 12.8. The van der Waals surface area contributed by atoms with Crippen molar-refractivity contribution < 1.29 is 26.2 Å². The van der Waals surface area contributed by atoms with E-state index < -0.39 is 0 Å². The van der Waals surface area contributed by atoms with Crippen LogP contribution < -0.4 is 21.7 Å². The Morgan fingerprint density at radius 3 is 2.32 bits per heavy atom. The second-order valence-electron chi connectivity index (χ2n) is 10.1. The fraction of sp³-hybridized carbons (Fsp3) is 0.235. The van der Waals surface area contributed by atoms with E-state index in [1.54, 1.807) is 6.08 Å². The maximum Gasteiger partial charge on any atom is 0.137 e. The summed E-state index contributed by atoms with van der Waals surface area (Å²) in [6, 6.07) is 25.7. The number of nitrogens with zero attached hydrogens (tertiary/aromatic N) is 1. The van der Waals surface area contributed by atoms with Gasteiger partial charge in [0.05, 0.1) is 14.1 Å².